The van der Waals surface area contributed by atoms with Gasteiger partial charge in [-0.2, -0.15) is 0 Å². The van der Waals surface area contributed by atoms with Gasteiger partial charge in [0, 0.05) is 22.1 Å². The molecule has 33 heavy (non-hydrogen) atoms. The fourth-order valence-electron chi connectivity index (χ4n) is 4.29. The van der Waals surface area contributed by atoms with Crippen LogP contribution in [0.2, 0.25) is 5.02 Å². The van der Waals surface area contributed by atoms with Crippen molar-refractivity contribution in [3.63, 3.8) is 0 Å². The number of carbonyl (C=O) groups is 2. The van der Waals surface area contributed by atoms with Crippen molar-refractivity contribution >= 4 is 40.4 Å². The number of aryl methyl sites for hydroxylation is 1. The summed E-state index contributed by atoms with van der Waals surface area (Å²) in [7, 11) is 0. The molecule has 4 aromatic rings. The number of nitrogens with zero attached hydrogens (tertiary/aromatic N) is 2. The summed E-state index contributed by atoms with van der Waals surface area (Å²) in [4.78, 5) is 26.6. The molecule has 0 atom stereocenters. The third kappa shape index (κ3) is 3.92. The first-order chi connectivity index (χ1) is 15.9. The largest absolute Gasteiger partial charge is 0.329 e. The monoisotopic (exact) mass is 455 g/mol. The summed E-state index contributed by atoms with van der Waals surface area (Å²) in [6.07, 6.45) is 1.75. The Morgan fingerprint density at radius 3 is 2.39 bits per heavy atom. The van der Waals surface area contributed by atoms with Crippen LogP contribution in [0, 0.1) is 13.8 Å². The van der Waals surface area contributed by atoms with E-state index in [0.717, 1.165) is 28.2 Å². The van der Waals surface area contributed by atoms with Gasteiger partial charge in [-0.05, 0) is 72.2 Å². The second-order valence-corrected chi connectivity index (χ2v) is 8.64. The van der Waals surface area contributed by atoms with Crippen molar-refractivity contribution < 1.29 is 9.59 Å². The SMILES string of the molecule is Cc1cc(/C=C2\NC(=O)N(Cc3ccc(Cl)cc3)C2=O)c(C)n1-c1ccc2ccccc2c1. The molecule has 3 amide bonds. The van der Waals surface area contributed by atoms with Crippen LogP contribution in [0.3, 0.4) is 0 Å². The van der Waals surface area contributed by atoms with Crippen LogP contribution < -0.4 is 5.32 Å². The van der Waals surface area contributed by atoms with E-state index in [1.54, 1.807) is 18.2 Å². The summed E-state index contributed by atoms with van der Waals surface area (Å²) in [6.45, 7) is 4.24. The third-order valence-corrected chi connectivity index (χ3v) is 6.23. The van der Waals surface area contributed by atoms with Crippen LogP contribution in [0.25, 0.3) is 22.5 Å². The van der Waals surface area contributed by atoms with Gasteiger partial charge in [-0.15, -0.1) is 0 Å². The number of hydrogen-bond donors (Lipinski definition) is 1. The number of hydrogen-bond acceptors (Lipinski definition) is 2. The molecule has 5 rings (SSSR count). The van der Waals surface area contributed by atoms with Gasteiger partial charge < -0.3 is 9.88 Å². The normalized spacial score (nSPS) is 15.0. The number of imide groups is 1. The summed E-state index contributed by atoms with van der Waals surface area (Å²) >= 11 is 5.93. The van der Waals surface area contributed by atoms with Crippen molar-refractivity contribution in [2.24, 2.45) is 0 Å². The molecule has 0 aliphatic carbocycles. The Hall–Kier alpha value is -3.83. The molecule has 6 heteroatoms. The molecule has 0 bridgehead atoms. The Labute approximate surface area is 196 Å². The van der Waals surface area contributed by atoms with Crippen molar-refractivity contribution in [1.82, 2.24) is 14.8 Å². The van der Waals surface area contributed by atoms with Crippen LogP contribution >= 0.6 is 11.6 Å². The molecule has 5 nitrogen and oxygen atoms in total. The maximum atomic E-state index is 13.0. The third-order valence-electron chi connectivity index (χ3n) is 5.98. The zero-order valence-electron chi connectivity index (χ0n) is 18.3. The number of urea groups is 1. The fourth-order valence-corrected chi connectivity index (χ4v) is 4.42. The molecule has 1 saturated heterocycles. The highest BCUT2D eigenvalue weighted by Gasteiger charge is 2.33. The molecular weight excluding hydrogens is 434 g/mol. The molecule has 0 radical (unpaired) electrons. The van der Waals surface area contributed by atoms with Crippen LogP contribution in [-0.2, 0) is 11.3 Å². The predicted octanol–water partition coefficient (Wildman–Crippen LogP) is 5.99. The van der Waals surface area contributed by atoms with Gasteiger partial charge in [-0.25, -0.2) is 4.79 Å². The van der Waals surface area contributed by atoms with E-state index in [9.17, 15) is 9.59 Å². The van der Waals surface area contributed by atoms with E-state index in [-0.39, 0.29) is 18.1 Å². The molecule has 164 valence electrons. The summed E-state index contributed by atoms with van der Waals surface area (Å²) in [6, 6.07) is 23.3. The molecule has 0 unspecified atom stereocenters. The van der Waals surface area contributed by atoms with Crippen LogP contribution in [0.5, 0.6) is 0 Å². The van der Waals surface area contributed by atoms with E-state index in [4.69, 9.17) is 11.6 Å². The molecule has 1 aliphatic heterocycles. The van der Waals surface area contributed by atoms with E-state index in [1.807, 2.05) is 44.2 Å². The van der Waals surface area contributed by atoms with E-state index in [0.29, 0.717) is 5.02 Å². The van der Waals surface area contributed by atoms with Gasteiger partial charge >= 0.3 is 6.03 Å². The second-order valence-electron chi connectivity index (χ2n) is 8.20. The van der Waals surface area contributed by atoms with Crippen molar-refractivity contribution in [2.75, 3.05) is 0 Å². The van der Waals surface area contributed by atoms with Gasteiger partial charge in [0.1, 0.15) is 5.70 Å². The standard InChI is InChI=1S/C27H22ClN3O2/c1-17-13-22(18(2)31(17)24-12-9-20-5-3-4-6-21(20)14-24)15-25-26(32)30(27(33)29-25)16-19-7-10-23(28)11-8-19/h3-15H,16H2,1-2H3,(H,29,33)/b25-15-. The zero-order valence-corrected chi connectivity index (χ0v) is 19.1. The van der Waals surface area contributed by atoms with E-state index in [1.165, 1.54) is 15.7 Å². The van der Waals surface area contributed by atoms with Gasteiger partial charge in [0.25, 0.3) is 5.91 Å². The fraction of sp³-hybridized carbons (Fsp3) is 0.111. The van der Waals surface area contributed by atoms with Gasteiger partial charge in [-0.3, -0.25) is 9.69 Å². The minimum atomic E-state index is -0.426. The first kappa shape index (κ1) is 21.0. The number of nitrogens with one attached hydrogen (secondary N) is 1. The zero-order chi connectivity index (χ0) is 23.1. The summed E-state index contributed by atoms with van der Waals surface area (Å²) < 4.78 is 2.16. The Balaban J connectivity index is 1.45. The average Bonchev–Trinajstić information content (AvgIpc) is 3.24. The summed E-state index contributed by atoms with van der Waals surface area (Å²) in [5.74, 6) is -0.342. The average molecular weight is 456 g/mol. The number of aromatic nitrogens is 1. The molecule has 1 fully saturated rings. The number of benzene rings is 3. The maximum absolute atomic E-state index is 13.0. The van der Waals surface area contributed by atoms with Gasteiger partial charge in [0.15, 0.2) is 0 Å². The van der Waals surface area contributed by atoms with Crippen molar-refractivity contribution in [1.29, 1.82) is 0 Å². The molecule has 3 aromatic carbocycles. The van der Waals surface area contributed by atoms with Crippen LogP contribution in [0.4, 0.5) is 4.79 Å². The van der Waals surface area contributed by atoms with Crippen molar-refractivity contribution in [3.8, 4) is 5.69 Å². The van der Waals surface area contributed by atoms with Crippen LogP contribution in [0.15, 0.2) is 78.5 Å². The first-order valence-electron chi connectivity index (χ1n) is 10.7. The van der Waals surface area contributed by atoms with Crippen molar-refractivity contribution in [3.05, 3.63) is 106 Å². The number of carbonyl (C=O) groups excluding carboxylic acids is 2. The Bertz CT molecular complexity index is 1430. The molecule has 2 heterocycles. The minimum absolute atomic E-state index is 0.190. The number of amides is 3. The van der Waals surface area contributed by atoms with E-state index >= 15 is 0 Å². The van der Waals surface area contributed by atoms with Gasteiger partial charge in [0.2, 0.25) is 0 Å². The van der Waals surface area contributed by atoms with Gasteiger partial charge in [-0.1, -0.05) is 54.1 Å². The number of fused-ring (bicyclic) bond motifs is 1. The molecule has 1 aliphatic rings. The predicted molar refractivity (Wildman–Crippen MR) is 131 cm³/mol. The van der Waals surface area contributed by atoms with Crippen LogP contribution in [0.1, 0.15) is 22.5 Å². The molecule has 0 spiro atoms. The van der Waals surface area contributed by atoms with Crippen LogP contribution in [-0.4, -0.2) is 21.4 Å². The smallest absolute Gasteiger partial charge is 0.318 e. The lowest BCUT2D eigenvalue weighted by Gasteiger charge is -2.11. The Morgan fingerprint density at radius 2 is 1.64 bits per heavy atom. The lowest BCUT2D eigenvalue weighted by atomic mass is 10.1. The Morgan fingerprint density at radius 1 is 0.909 bits per heavy atom. The quantitative estimate of drug-likeness (QED) is 0.303. The summed E-state index contributed by atoms with van der Waals surface area (Å²) in [5, 5.41) is 5.68. The highest BCUT2D eigenvalue weighted by molar-refractivity contribution is 6.30. The number of halogens is 1. The minimum Gasteiger partial charge on any atom is -0.318 e. The lowest BCUT2D eigenvalue weighted by Crippen LogP contribution is -2.30. The highest BCUT2D eigenvalue weighted by atomic mass is 35.5. The topological polar surface area (TPSA) is 54.3 Å². The first-order valence-corrected chi connectivity index (χ1v) is 11.1. The maximum Gasteiger partial charge on any atom is 0.329 e. The van der Waals surface area contributed by atoms with E-state index < -0.39 is 6.03 Å². The van der Waals surface area contributed by atoms with Gasteiger partial charge in [0.05, 0.1) is 6.54 Å². The summed E-state index contributed by atoms with van der Waals surface area (Å²) in [5.41, 5.74) is 5.08. The van der Waals surface area contributed by atoms with E-state index in [2.05, 4.69) is 40.2 Å². The molecule has 0 saturated carbocycles. The second kappa shape index (κ2) is 8.26. The Kier molecular flexibility index (Phi) is 5.27. The molecule has 1 aromatic heterocycles. The molecule has 1 N–H and O–H groups in total. The molecular formula is C27H22ClN3O2. The van der Waals surface area contributed by atoms with Crippen molar-refractivity contribution in [2.45, 2.75) is 20.4 Å². The number of rotatable bonds is 4. The highest BCUT2D eigenvalue weighted by Crippen LogP contribution is 2.26. The lowest BCUT2D eigenvalue weighted by molar-refractivity contribution is -0.123.